The zero-order valence-electron chi connectivity index (χ0n) is 12.4. The molecule has 6 heteroatoms. The van der Waals surface area contributed by atoms with E-state index in [-0.39, 0.29) is 25.4 Å². The summed E-state index contributed by atoms with van der Waals surface area (Å²) in [4.78, 5) is 23.1. The van der Waals surface area contributed by atoms with E-state index in [2.05, 4.69) is 21.2 Å². The predicted octanol–water partition coefficient (Wildman–Crippen LogP) is 2.30. The summed E-state index contributed by atoms with van der Waals surface area (Å²) in [6, 6.07) is 5.69. The van der Waals surface area contributed by atoms with Gasteiger partial charge in [0.25, 0.3) is 0 Å². The highest BCUT2D eigenvalue weighted by atomic mass is 79.9. The molecule has 0 aliphatic carbocycles. The summed E-state index contributed by atoms with van der Waals surface area (Å²) in [5, 5.41) is 11.7. The summed E-state index contributed by atoms with van der Waals surface area (Å²) in [7, 11) is 1.48. The molecule has 116 valence electrons. The summed E-state index contributed by atoms with van der Waals surface area (Å²) >= 11 is 3.38. The first kappa shape index (κ1) is 17.7. The van der Waals surface area contributed by atoms with Crippen LogP contribution in [0.15, 0.2) is 22.7 Å². The monoisotopic (exact) mass is 357 g/mol. The summed E-state index contributed by atoms with van der Waals surface area (Å²) < 4.78 is 5.97. The highest BCUT2D eigenvalue weighted by Crippen LogP contribution is 2.17. The van der Waals surface area contributed by atoms with Crippen molar-refractivity contribution in [3.8, 4) is 0 Å². The Hall–Kier alpha value is -1.40. The van der Waals surface area contributed by atoms with Crippen LogP contribution in [0.25, 0.3) is 0 Å². The third-order valence-corrected chi connectivity index (χ3v) is 3.59. The molecule has 0 bridgehead atoms. The predicted molar refractivity (Wildman–Crippen MR) is 83.3 cm³/mol. The number of carboxylic acids is 1. The first-order valence-corrected chi connectivity index (χ1v) is 7.32. The molecule has 0 saturated carbocycles. The van der Waals surface area contributed by atoms with Crippen molar-refractivity contribution in [2.24, 2.45) is 0 Å². The number of aryl methyl sites for hydroxylation is 1. The maximum absolute atomic E-state index is 12.2. The molecule has 0 radical (unpaired) electrons. The first-order valence-electron chi connectivity index (χ1n) is 6.52. The molecular weight excluding hydrogens is 338 g/mol. The molecule has 1 aromatic carbocycles. The van der Waals surface area contributed by atoms with E-state index in [1.54, 1.807) is 6.92 Å². The average molecular weight is 358 g/mol. The first-order chi connectivity index (χ1) is 9.75. The zero-order chi connectivity index (χ0) is 16.0. The number of hydrogen-bond acceptors (Lipinski definition) is 3. The summed E-state index contributed by atoms with van der Waals surface area (Å²) in [6.45, 7) is 3.74. The summed E-state index contributed by atoms with van der Waals surface area (Å²) in [5.41, 5.74) is 0.998. The lowest BCUT2D eigenvalue weighted by atomic mass is 9.97. The molecule has 1 unspecified atom stereocenters. The Morgan fingerprint density at radius 1 is 1.43 bits per heavy atom. The topological polar surface area (TPSA) is 75.6 Å². The number of amides is 1. The van der Waals surface area contributed by atoms with Crippen molar-refractivity contribution in [3.63, 3.8) is 0 Å². The van der Waals surface area contributed by atoms with Gasteiger partial charge >= 0.3 is 5.97 Å². The molecule has 1 aromatic rings. The number of carbonyl (C=O) groups is 2. The van der Waals surface area contributed by atoms with Crippen LogP contribution in [0, 0.1) is 6.92 Å². The van der Waals surface area contributed by atoms with Crippen molar-refractivity contribution in [2.45, 2.75) is 32.2 Å². The molecule has 2 N–H and O–H groups in total. The Morgan fingerprint density at radius 3 is 2.62 bits per heavy atom. The number of nitrogens with one attached hydrogen (secondary N) is 1. The number of carbonyl (C=O) groups excluding carboxylic acids is 1. The number of benzene rings is 1. The summed E-state index contributed by atoms with van der Waals surface area (Å²) in [5.74, 6) is -1.20. The van der Waals surface area contributed by atoms with Gasteiger partial charge in [0.2, 0.25) is 5.91 Å². The van der Waals surface area contributed by atoms with E-state index in [9.17, 15) is 9.59 Å². The number of carboxylic acid groups (broad SMARTS) is 1. The molecule has 0 saturated heterocycles. The van der Waals surface area contributed by atoms with Gasteiger partial charge in [0.1, 0.15) is 0 Å². The van der Waals surface area contributed by atoms with E-state index in [1.165, 1.54) is 7.11 Å². The highest BCUT2D eigenvalue weighted by Gasteiger charge is 2.29. The van der Waals surface area contributed by atoms with Crippen molar-refractivity contribution < 1.29 is 19.4 Å². The Labute approximate surface area is 132 Å². The van der Waals surface area contributed by atoms with Crippen LogP contribution < -0.4 is 5.32 Å². The fourth-order valence-electron chi connectivity index (χ4n) is 2.20. The van der Waals surface area contributed by atoms with Crippen molar-refractivity contribution in [3.05, 3.63) is 33.8 Å². The van der Waals surface area contributed by atoms with Crippen LogP contribution >= 0.6 is 15.9 Å². The molecule has 0 aromatic heterocycles. The van der Waals surface area contributed by atoms with E-state index < -0.39 is 11.5 Å². The third kappa shape index (κ3) is 5.85. The lowest BCUT2D eigenvalue weighted by Gasteiger charge is -2.28. The smallest absolute Gasteiger partial charge is 0.305 e. The second-order valence-electron chi connectivity index (χ2n) is 5.36. The number of rotatable bonds is 7. The quantitative estimate of drug-likeness (QED) is 0.784. The van der Waals surface area contributed by atoms with Gasteiger partial charge < -0.3 is 15.2 Å². The van der Waals surface area contributed by atoms with Crippen LogP contribution in [-0.4, -0.2) is 36.2 Å². The largest absolute Gasteiger partial charge is 0.481 e. The SMILES string of the molecule is COCC(C)(CC(=O)O)NC(=O)Cc1ccc(Br)cc1C. The normalized spacial score (nSPS) is 13.5. The fraction of sp³-hybridized carbons (Fsp3) is 0.467. The van der Waals surface area contributed by atoms with E-state index >= 15 is 0 Å². The molecule has 1 rings (SSSR count). The Kier molecular flexibility index (Phi) is 6.36. The lowest BCUT2D eigenvalue weighted by molar-refractivity contribution is -0.139. The molecule has 0 aliphatic rings. The fourth-order valence-corrected chi connectivity index (χ4v) is 2.67. The molecule has 0 spiro atoms. The van der Waals surface area contributed by atoms with Crippen molar-refractivity contribution in [1.82, 2.24) is 5.32 Å². The minimum absolute atomic E-state index is 0.143. The standard InChI is InChI=1S/C15H20BrNO4/c1-10-6-12(16)5-4-11(10)7-13(18)17-15(2,9-21-3)8-14(19)20/h4-6H,7-9H2,1-3H3,(H,17,18)(H,19,20). The number of methoxy groups -OCH3 is 1. The van der Waals surface area contributed by atoms with Crippen LogP contribution in [0.3, 0.4) is 0 Å². The summed E-state index contributed by atoms with van der Waals surface area (Å²) in [6.07, 6.45) is 0.0178. The van der Waals surface area contributed by atoms with Crippen LogP contribution in [0.5, 0.6) is 0 Å². The Morgan fingerprint density at radius 2 is 2.10 bits per heavy atom. The maximum Gasteiger partial charge on any atom is 0.305 e. The van der Waals surface area contributed by atoms with Gasteiger partial charge in [-0.3, -0.25) is 9.59 Å². The Bertz CT molecular complexity index is 532. The van der Waals surface area contributed by atoms with Gasteiger partial charge in [-0.1, -0.05) is 22.0 Å². The van der Waals surface area contributed by atoms with Crippen molar-refractivity contribution in [2.75, 3.05) is 13.7 Å². The molecule has 0 heterocycles. The second-order valence-corrected chi connectivity index (χ2v) is 6.28. The van der Waals surface area contributed by atoms with E-state index in [1.807, 2.05) is 25.1 Å². The van der Waals surface area contributed by atoms with E-state index in [4.69, 9.17) is 9.84 Å². The van der Waals surface area contributed by atoms with Crippen LogP contribution in [0.1, 0.15) is 24.5 Å². The molecule has 0 fully saturated rings. The van der Waals surface area contributed by atoms with Gasteiger partial charge in [0.15, 0.2) is 0 Å². The molecule has 5 nitrogen and oxygen atoms in total. The van der Waals surface area contributed by atoms with Gasteiger partial charge in [0.05, 0.1) is 25.0 Å². The number of halogens is 1. The van der Waals surface area contributed by atoms with Gasteiger partial charge in [-0.2, -0.15) is 0 Å². The maximum atomic E-state index is 12.2. The van der Waals surface area contributed by atoms with Gasteiger partial charge in [-0.25, -0.2) is 0 Å². The average Bonchev–Trinajstić information content (AvgIpc) is 2.31. The van der Waals surface area contributed by atoms with Crippen LogP contribution in [0.4, 0.5) is 0 Å². The molecule has 0 aliphatic heterocycles. The lowest BCUT2D eigenvalue weighted by Crippen LogP contribution is -2.51. The van der Waals surface area contributed by atoms with Gasteiger partial charge in [-0.15, -0.1) is 0 Å². The minimum atomic E-state index is -0.977. The number of ether oxygens (including phenoxy) is 1. The number of aliphatic carboxylic acids is 1. The van der Waals surface area contributed by atoms with Crippen LogP contribution in [0.2, 0.25) is 0 Å². The number of hydrogen-bond donors (Lipinski definition) is 2. The van der Waals surface area contributed by atoms with Crippen molar-refractivity contribution in [1.29, 1.82) is 0 Å². The second kappa shape index (κ2) is 7.56. The molecule has 21 heavy (non-hydrogen) atoms. The van der Waals surface area contributed by atoms with Crippen LogP contribution in [-0.2, 0) is 20.7 Å². The van der Waals surface area contributed by atoms with Crippen molar-refractivity contribution >= 4 is 27.8 Å². The zero-order valence-corrected chi connectivity index (χ0v) is 14.0. The molecule has 1 amide bonds. The van der Waals surface area contributed by atoms with E-state index in [0.717, 1.165) is 15.6 Å². The van der Waals surface area contributed by atoms with E-state index in [0.29, 0.717) is 0 Å². The van der Waals surface area contributed by atoms with Gasteiger partial charge in [-0.05, 0) is 37.1 Å². The molecule has 1 atom stereocenters. The molecular formula is C15H20BrNO4. The van der Waals surface area contributed by atoms with Gasteiger partial charge in [0, 0.05) is 11.6 Å². The highest BCUT2D eigenvalue weighted by molar-refractivity contribution is 9.10. The minimum Gasteiger partial charge on any atom is -0.481 e. The Balaban J connectivity index is 2.76. The third-order valence-electron chi connectivity index (χ3n) is 3.10.